The highest BCUT2D eigenvalue weighted by Crippen LogP contribution is 2.28. The number of hydrogen-bond donors (Lipinski definition) is 2. The zero-order chi connectivity index (χ0) is 22.5. The predicted octanol–water partition coefficient (Wildman–Crippen LogP) is 5.29. The zero-order valence-electron chi connectivity index (χ0n) is 18.4. The number of carboxylic acids is 1. The summed E-state index contributed by atoms with van der Waals surface area (Å²) in [4.78, 5) is 12.4. The number of methoxy groups -OCH3 is 1. The van der Waals surface area contributed by atoms with Gasteiger partial charge in [0.05, 0.1) is 7.11 Å². The van der Waals surface area contributed by atoms with E-state index >= 15 is 0 Å². The highest BCUT2D eigenvalue weighted by atomic mass is 16.5. The second-order valence-corrected chi connectivity index (χ2v) is 8.03. The summed E-state index contributed by atoms with van der Waals surface area (Å²) in [6.07, 6.45) is 0. The van der Waals surface area contributed by atoms with E-state index in [1.165, 1.54) is 5.56 Å². The Kier molecular flexibility index (Phi) is 6.57. The van der Waals surface area contributed by atoms with Crippen LogP contribution in [0, 0.1) is 0 Å². The first-order chi connectivity index (χ1) is 15.6. The maximum absolute atomic E-state index is 12.4. The number of aromatic carboxylic acids is 1. The van der Waals surface area contributed by atoms with Crippen LogP contribution in [-0.2, 0) is 13.1 Å². The van der Waals surface area contributed by atoms with Gasteiger partial charge in [-0.15, -0.1) is 0 Å². The van der Waals surface area contributed by atoms with Gasteiger partial charge in [0.2, 0.25) is 0 Å². The molecule has 164 valence electrons. The minimum absolute atomic E-state index is 0.331. The fourth-order valence-electron chi connectivity index (χ4n) is 4.19. The summed E-state index contributed by atoms with van der Waals surface area (Å²) in [5.74, 6) is 0.196. The second kappa shape index (κ2) is 9.71. The van der Waals surface area contributed by atoms with E-state index in [2.05, 4.69) is 24.4 Å². The minimum Gasteiger partial charge on any atom is -0.497 e. The number of carbonyl (C=O) groups is 1. The zero-order valence-corrected chi connectivity index (χ0v) is 18.4. The molecule has 0 aliphatic rings. The number of benzene rings is 3. The van der Waals surface area contributed by atoms with E-state index in [1.807, 2.05) is 71.3 Å². The van der Waals surface area contributed by atoms with Crippen LogP contribution in [0.2, 0.25) is 0 Å². The maximum Gasteiger partial charge on any atom is 0.352 e. The van der Waals surface area contributed by atoms with E-state index in [9.17, 15) is 9.90 Å². The number of para-hydroxylation sites is 1. The summed E-state index contributed by atoms with van der Waals surface area (Å²) < 4.78 is 7.14. The molecule has 5 nitrogen and oxygen atoms in total. The van der Waals surface area contributed by atoms with E-state index in [4.69, 9.17) is 4.74 Å². The van der Waals surface area contributed by atoms with Crippen LogP contribution in [-0.4, -0.2) is 29.3 Å². The lowest BCUT2D eigenvalue weighted by atomic mass is 10.0. The Morgan fingerprint density at radius 1 is 1.00 bits per heavy atom. The average molecular weight is 429 g/mol. The molecule has 0 spiro atoms. The van der Waals surface area contributed by atoms with Crippen LogP contribution in [0.25, 0.3) is 10.9 Å². The summed E-state index contributed by atoms with van der Waals surface area (Å²) >= 11 is 0. The summed E-state index contributed by atoms with van der Waals surface area (Å²) in [6, 6.07) is 26.0. The van der Waals surface area contributed by atoms with E-state index in [0.29, 0.717) is 24.7 Å². The molecule has 4 aromatic rings. The Balaban J connectivity index is 1.63. The van der Waals surface area contributed by atoms with Crippen LogP contribution in [0.5, 0.6) is 5.75 Å². The Morgan fingerprint density at radius 2 is 1.69 bits per heavy atom. The molecule has 5 heteroatoms. The van der Waals surface area contributed by atoms with Crippen LogP contribution in [0.3, 0.4) is 0 Å². The van der Waals surface area contributed by atoms with E-state index < -0.39 is 5.97 Å². The van der Waals surface area contributed by atoms with Gasteiger partial charge in [0.25, 0.3) is 0 Å². The van der Waals surface area contributed by atoms with Crippen LogP contribution < -0.4 is 10.1 Å². The van der Waals surface area contributed by atoms with Crippen molar-refractivity contribution >= 4 is 16.9 Å². The molecule has 1 aromatic heterocycles. The van der Waals surface area contributed by atoms with Gasteiger partial charge in [-0.2, -0.15) is 0 Å². The summed E-state index contributed by atoms with van der Waals surface area (Å²) in [5.41, 5.74) is 4.36. The topological polar surface area (TPSA) is 63.5 Å². The largest absolute Gasteiger partial charge is 0.497 e. The lowest BCUT2D eigenvalue weighted by Crippen LogP contribution is -2.21. The van der Waals surface area contributed by atoms with Crippen molar-refractivity contribution < 1.29 is 14.6 Å². The standard InChI is InChI=1S/C27H28N2O3/c1-19(21-8-4-3-5-9-21)16-28-17-24-23-10-6-7-11-25(23)29(26(24)27(30)31)18-20-12-14-22(32-2)15-13-20/h3-15,19,28H,16-18H2,1-2H3,(H,30,31). The Labute approximate surface area is 188 Å². The van der Waals surface area contributed by atoms with Crippen molar-refractivity contribution in [2.24, 2.45) is 0 Å². The number of rotatable bonds is 9. The maximum atomic E-state index is 12.4. The van der Waals surface area contributed by atoms with Crippen molar-refractivity contribution in [3.05, 3.63) is 101 Å². The van der Waals surface area contributed by atoms with Crippen molar-refractivity contribution in [1.29, 1.82) is 0 Å². The molecule has 1 heterocycles. The Hall–Kier alpha value is -3.57. The molecular weight excluding hydrogens is 400 g/mol. The first-order valence-electron chi connectivity index (χ1n) is 10.8. The molecule has 0 amide bonds. The summed E-state index contributed by atoms with van der Waals surface area (Å²) in [7, 11) is 1.63. The van der Waals surface area contributed by atoms with E-state index in [-0.39, 0.29) is 0 Å². The normalized spacial score (nSPS) is 12.1. The molecule has 0 saturated heterocycles. The number of carboxylic acid groups (broad SMARTS) is 1. The molecule has 0 fully saturated rings. The molecule has 4 rings (SSSR count). The SMILES string of the molecule is COc1ccc(Cn2c(C(=O)O)c(CNCC(C)c3ccccc3)c3ccccc32)cc1. The van der Waals surface area contributed by atoms with Gasteiger partial charge >= 0.3 is 5.97 Å². The van der Waals surface area contributed by atoms with Crippen LogP contribution in [0.1, 0.15) is 40.0 Å². The molecule has 1 atom stereocenters. The monoisotopic (exact) mass is 428 g/mol. The summed E-state index contributed by atoms with van der Waals surface area (Å²) in [5, 5.41) is 14.6. The third-order valence-corrected chi connectivity index (χ3v) is 5.90. The third-order valence-electron chi connectivity index (χ3n) is 5.90. The van der Waals surface area contributed by atoms with Gasteiger partial charge in [-0.3, -0.25) is 0 Å². The van der Waals surface area contributed by atoms with Crippen molar-refractivity contribution in [1.82, 2.24) is 9.88 Å². The van der Waals surface area contributed by atoms with E-state index in [1.54, 1.807) is 7.11 Å². The van der Waals surface area contributed by atoms with Crippen molar-refractivity contribution in [2.45, 2.75) is 25.9 Å². The molecule has 3 aromatic carbocycles. The number of nitrogens with one attached hydrogen (secondary N) is 1. The smallest absolute Gasteiger partial charge is 0.352 e. The second-order valence-electron chi connectivity index (χ2n) is 8.03. The molecule has 0 bridgehead atoms. The fraction of sp³-hybridized carbons (Fsp3) is 0.222. The minimum atomic E-state index is -0.914. The molecule has 2 N–H and O–H groups in total. The predicted molar refractivity (Wildman–Crippen MR) is 128 cm³/mol. The summed E-state index contributed by atoms with van der Waals surface area (Å²) in [6.45, 7) is 3.91. The van der Waals surface area contributed by atoms with Crippen molar-refractivity contribution in [2.75, 3.05) is 13.7 Å². The van der Waals surface area contributed by atoms with Gasteiger partial charge < -0.3 is 19.7 Å². The Bertz CT molecular complexity index is 1200. The number of aromatic nitrogens is 1. The van der Waals surface area contributed by atoms with E-state index in [0.717, 1.165) is 34.3 Å². The van der Waals surface area contributed by atoms with Gasteiger partial charge in [-0.05, 0) is 35.2 Å². The van der Waals surface area contributed by atoms with Gasteiger partial charge in [0.1, 0.15) is 11.4 Å². The highest BCUT2D eigenvalue weighted by Gasteiger charge is 2.22. The first kappa shape index (κ1) is 21.7. The molecular formula is C27H28N2O3. The number of nitrogens with zero attached hydrogens (tertiary/aromatic N) is 1. The first-order valence-corrected chi connectivity index (χ1v) is 10.8. The van der Waals surface area contributed by atoms with Gasteiger partial charge in [0.15, 0.2) is 0 Å². The number of hydrogen-bond acceptors (Lipinski definition) is 3. The average Bonchev–Trinajstić information content (AvgIpc) is 3.13. The molecule has 0 saturated carbocycles. The van der Waals surface area contributed by atoms with Crippen LogP contribution in [0.4, 0.5) is 0 Å². The fourth-order valence-corrected chi connectivity index (χ4v) is 4.19. The van der Waals surface area contributed by atoms with Gasteiger partial charge in [0, 0.05) is 36.1 Å². The van der Waals surface area contributed by atoms with Crippen molar-refractivity contribution in [3.63, 3.8) is 0 Å². The van der Waals surface area contributed by atoms with Crippen LogP contribution in [0.15, 0.2) is 78.9 Å². The third kappa shape index (κ3) is 4.53. The van der Waals surface area contributed by atoms with Gasteiger partial charge in [-0.25, -0.2) is 4.79 Å². The lowest BCUT2D eigenvalue weighted by Gasteiger charge is -2.14. The Morgan fingerprint density at radius 3 is 2.38 bits per heavy atom. The molecule has 0 aliphatic heterocycles. The number of fused-ring (bicyclic) bond motifs is 1. The lowest BCUT2D eigenvalue weighted by molar-refractivity contribution is 0.0684. The quantitative estimate of drug-likeness (QED) is 0.380. The highest BCUT2D eigenvalue weighted by molar-refractivity contribution is 5.98. The molecule has 0 aliphatic carbocycles. The molecule has 1 unspecified atom stereocenters. The van der Waals surface area contributed by atoms with Crippen molar-refractivity contribution in [3.8, 4) is 5.75 Å². The molecule has 32 heavy (non-hydrogen) atoms. The number of ether oxygens (including phenoxy) is 1. The molecule has 0 radical (unpaired) electrons. The van der Waals surface area contributed by atoms with Gasteiger partial charge in [-0.1, -0.05) is 67.6 Å². The van der Waals surface area contributed by atoms with Crippen LogP contribution >= 0.6 is 0 Å².